The van der Waals surface area contributed by atoms with Gasteiger partial charge in [-0.15, -0.1) is 23.1 Å². The standard InChI is InChI=1S/C15H14N2O6S2/c1-8(19)17(10-4-3-5-24-10)15(23-2)13(22)16-11(12(20)21)9(6-18)7-25-14(15)16/h3-5,11,14H,7H2,1-2H3,(H,20,21)/t11?,14-,15?/m1/s1. The Labute approximate surface area is 151 Å². The number of methoxy groups -OCH3 is 1. The van der Waals surface area contributed by atoms with Gasteiger partial charge < -0.3 is 14.7 Å². The van der Waals surface area contributed by atoms with E-state index in [9.17, 15) is 24.3 Å². The number of aliphatic carboxylic acids is 1. The Morgan fingerprint density at radius 3 is 2.72 bits per heavy atom. The number of carboxylic acid groups (broad SMARTS) is 1. The second kappa shape index (κ2) is 6.30. The summed E-state index contributed by atoms with van der Waals surface area (Å²) in [5.74, 6) is -0.674. The second-order valence-corrected chi connectivity index (χ2v) is 7.44. The van der Waals surface area contributed by atoms with Crippen LogP contribution in [0.15, 0.2) is 23.1 Å². The molecular weight excluding hydrogens is 368 g/mol. The molecule has 3 atom stereocenters. The number of hydrogen-bond acceptors (Lipinski definition) is 7. The van der Waals surface area contributed by atoms with Crippen LogP contribution >= 0.6 is 23.1 Å². The first-order chi connectivity index (χ1) is 11.9. The summed E-state index contributed by atoms with van der Waals surface area (Å²) in [7, 11) is 1.31. The Hall–Kier alpha value is -2.13. The van der Waals surface area contributed by atoms with E-state index >= 15 is 0 Å². The third-order valence-corrected chi connectivity index (χ3v) is 6.38. The average Bonchev–Trinajstić information content (AvgIpc) is 3.10. The zero-order chi connectivity index (χ0) is 18.4. The van der Waals surface area contributed by atoms with Crippen molar-refractivity contribution < 1.29 is 29.0 Å². The zero-order valence-electron chi connectivity index (χ0n) is 13.3. The predicted octanol–water partition coefficient (Wildman–Crippen LogP) is 0.570. The minimum Gasteiger partial charge on any atom is -0.479 e. The van der Waals surface area contributed by atoms with Crippen LogP contribution < -0.4 is 4.90 Å². The lowest BCUT2D eigenvalue weighted by Crippen LogP contribution is -2.84. The predicted molar refractivity (Wildman–Crippen MR) is 90.9 cm³/mol. The van der Waals surface area contributed by atoms with Gasteiger partial charge in [-0.25, -0.2) is 9.59 Å². The normalized spacial score (nSPS) is 28.0. The zero-order valence-corrected chi connectivity index (χ0v) is 14.9. The number of carbonyl (C=O) groups excluding carboxylic acids is 3. The van der Waals surface area contributed by atoms with Crippen molar-refractivity contribution in [2.45, 2.75) is 24.1 Å². The summed E-state index contributed by atoms with van der Waals surface area (Å²) in [4.78, 5) is 50.2. The average molecular weight is 382 g/mol. The maximum Gasteiger partial charge on any atom is 0.331 e. The van der Waals surface area contributed by atoms with Gasteiger partial charge in [-0.2, -0.15) is 0 Å². The number of anilines is 1. The molecule has 2 unspecified atom stereocenters. The first kappa shape index (κ1) is 17.7. The number of ether oxygens (including phenoxy) is 1. The molecule has 2 aliphatic rings. The lowest BCUT2D eigenvalue weighted by molar-refractivity contribution is -0.194. The number of amides is 2. The Morgan fingerprint density at radius 1 is 1.52 bits per heavy atom. The molecule has 2 aliphatic heterocycles. The van der Waals surface area contributed by atoms with E-state index in [1.54, 1.807) is 23.5 Å². The van der Waals surface area contributed by atoms with E-state index in [1.165, 1.54) is 42.0 Å². The summed E-state index contributed by atoms with van der Waals surface area (Å²) in [6, 6.07) is 2.03. The molecule has 3 rings (SSSR count). The summed E-state index contributed by atoms with van der Waals surface area (Å²) in [6.07, 6.45) is 0. The number of β-lactam (4-membered cyclic amide) rings is 1. The van der Waals surface area contributed by atoms with Crippen molar-refractivity contribution in [3.05, 3.63) is 23.1 Å². The van der Waals surface area contributed by atoms with Crippen LogP contribution in [0.1, 0.15) is 6.92 Å². The van der Waals surface area contributed by atoms with Crippen molar-refractivity contribution in [2.75, 3.05) is 17.8 Å². The Morgan fingerprint density at radius 2 is 2.24 bits per heavy atom. The van der Waals surface area contributed by atoms with Crippen molar-refractivity contribution in [1.29, 1.82) is 0 Å². The molecule has 0 bridgehead atoms. The Kier molecular flexibility index (Phi) is 4.46. The van der Waals surface area contributed by atoms with Crippen LogP contribution in [0, 0.1) is 0 Å². The molecule has 132 valence electrons. The van der Waals surface area contributed by atoms with E-state index in [0.29, 0.717) is 5.00 Å². The van der Waals surface area contributed by atoms with Crippen LogP contribution in [-0.4, -0.2) is 63.7 Å². The highest BCUT2D eigenvalue weighted by atomic mass is 32.2. The Balaban J connectivity index is 2.08. The van der Waals surface area contributed by atoms with E-state index in [-0.39, 0.29) is 11.3 Å². The fourth-order valence-corrected chi connectivity index (χ4v) is 5.45. The van der Waals surface area contributed by atoms with E-state index in [1.807, 2.05) is 0 Å². The van der Waals surface area contributed by atoms with Gasteiger partial charge in [-0.05, 0) is 17.5 Å². The minimum atomic E-state index is -1.64. The Bertz CT molecular complexity index is 788. The van der Waals surface area contributed by atoms with Crippen molar-refractivity contribution >= 4 is 51.8 Å². The number of thiophene rings is 1. The van der Waals surface area contributed by atoms with Crippen LogP contribution in [0.2, 0.25) is 0 Å². The van der Waals surface area contributed by atoms with Crippen LogP contribution in [0.3, 0.4) is 0 Å². The summed E-state index contributed by atoms with van der Waals surface area (Å²) < 4.78 is 5.50. The summed E-state index contributed by atoms with van der Waals surface area (Å²) in [5, 5.41) is 11.0. The molecular formula is C15H14N2O6S2. The molecule has 2 saturated heterocycles. The van der Waals surface area contributed by atoms with Crippen LogP contribution in [0.4, 0.5) is 5.00 Å². The maximum atomic E-state index is 13.0. The van der Waals surface area contributed by atoms with Crippen LogP contribution in [0.25, 0.3) is 0 Å². The molecule has 2 amide bonds. The third-order valence-electron chi connectivity index (χ3n) is 4.18. The molecule has 0 saturated carbocycles. The van der Waals surface area contributed by atoms with Gasteiger partial charge in [0.25, 0.3) is 11.6 Å². The van der Waals surface area contributed by atoms with E-state index < -0.39 is 34.9 Å². The highest BCUT2D eigenvalue weighted by Gasteiger charge is 2.71. The number of nitrogens with zero attached hydrogens (tertiary/aromatic N) is 2. The quantitative estimate of drug-likeness (QED) is 0.461. The van der Waals surface area contributed by atoms with Crippen molar-refractivity contribution in [2.24, 2.45) is 0 Å². The molecule has 3 heterocycles. The van der Waals surface area contributed by atoms with Gasteiger partial charge in [0.1, 0.15) is 16.3 Å². The van der Waals surface area contributed by atoms with E-state index in [4.69, 9.17) is 4.74 Å². The number of carbonyl (C=O) groups is 3. The maximum absolute atomic E-state index is 13.0. The summed E-state index contributed by atoms with van der Waals surface area (Å²) in [6.45, 7) is 1.31. The van der Waals surface area contributed by atoms with Crippen LogP contribution in [-0.2, 0) is 23.9 Å². The smallest absolute Gasteiger partial charge is 0.331 e. The van der Waals surface area contributed by atoms with Gasteiger partial charge in [-0.1, -0.05) is 0 Å². The largest absolute Gasteiger partial charge is 0.479 e. The van der Waals surface area contributed by atoms with Gasteiger partial charge in [0.2, 0.25) is 5.91 Å². The summed E-state index contributed by atoms with van der Waals surface area (Å²) in [5.41, 5.74) is -1.65. The lowest BCUT2D eigenvalue weighted by atomic mass is 9.93. The lowest BCUT2D eigenvalue weighted by Gasteiger charge is -2.60. The molecule has 1 N–H and O–H groups in total. The molecule has 0 radical (unpaired) electrons. The molecule has 2 fully saturated rings. The fourth-order valence-electron chi connectivity index (χ4n) is 3.17. The van der Waals surface area contributed by atoms with Crippen LogP contribution in [0.5, 0.6) is 0 Å². The number of hydrogen-bond donors (Lipinski definition) is 1. The number of carboxylic acids is 1. The van der Waals surface area contributed by atoms with Gasteiger partial charge in [0.15, 0.2) is 6.04 Å². The first-order valence-corrected chi connectivity index (χ1v) is 9.13. The third kappa shape index (κ3) is 2.33. The van der Waals surface area contributed by atoms with Gasteiger partial charge in [-0.3, -0.25) is 14.5 Å². The highest BCUT2D eigenvalue weighted by molar-refractivity contribution is 8.00. The molecule has 0 spiro atoms. The van der Waals surface area contributed by atoms with Gasteiger partial charge >= 0.3 is 5.97 Å². The molecule has 25 heavy (non-hydrogen) atoms. The molecule has 8 nitrogen and oxygen atoms in total. The monoisotopic (exact) mass is 382 g/mol. The fraction of sp³-hybridized carbons (Fsp3) is 0.400. The number of thioether (sulfide) groups is 1. The number of fused-ring (bicyclic) bond motifs is 1. The SMILES string of the molecule is COC1(N(C(C)=O)c2cccs2)C(=O)N2C(C(=O)O)C(=C=O)CS[C@@H]21. The molecule has 1 aromatic heterocycles. The molecule has 1 aromatic rings. The van der Waals surface area contributed by atoms with E-state index in [2.05, 4.69) is 0 Å². The minimum absolute atomic E-state index is 0.0164. The topological polar surface area (TPSA) is 104 Å². The van der Waals surface area contributed by atoms with Crippen molar-refractivity contribution in [1.82, 2.24) is 4.90 Å². The summed E-state index contributed by atoms with van der Waals surface area (Å²) >= 11 is 2.44. The van der Waals surface area contributed by atoms with Gasteiger partial charge in [0, 0.05) is 19.8 Å². The number of rotatable bonds is 4. The van der Waals surface area contributed by atoms with Crippen molar-refractivity contribution in [3.8, 4) is 0 Å². The molecule has 0 aromatic carbocycles. The second-order valence-electron chi connectivity index (χ2n) is 5.45. The first-order valence-electron chi connectivity index (χ1n) is 7.20. The van der Waals surface area contributed by atoms with Gasteiger partial charge in [0.05, 0.1) is 5.57 Å². The molecule has 10 heteroatoms. The highest BCUT2D eigenvalue weighted by Crippen LogP contribution is 2.50. The van der Waals surface area contributed by atoms with Crippen molar-refractivity contribution in [3.63, 3.8) is 0 Å². The molecule has 0 aliphatic carbocycles. The van der Waals surface area contributed by atoms with E-state index in [0.717, 1.165) is 4.90 Å².